The van der Waals surface area contributed by atoms with E-state index in [1.807, 2.05) is 0 Å². The average molecular weight is 364 g/mol. The van der Waals surface area contributed by atoms with Crippen LogP contribution in [0.2, 0.25) is 0 Å². The zero-order chi connectivity index (χ0) is 19.2. The number of ether oxygens (including phenoxy) is 1. The van der Waals surface area contributed by atoms with Crippen LogP contribution < -0.4 is 0 Å². The van der Waals surface area contributed by atoms with Crippen LogP contribution in [0, 0.1) is 0 Å². The summed E-state index contributed by atoms with van der Waals surface area (Å²) in [6.45, 7) is 1.31. The van der Waals surface area contributed by atoms with Crippen LogP contribution in [0.1, 0.15) is 58.3 Å². The Hall–Kier alpha value is -1.06. The van der Waals surface area contributed by atoms with Crippen molar-refractivity contribution >= 4 is 11.8 Å². The molecule has 0 fully saturated rings. The number of hydrogen-bond donors (Lipinski definition) is 5. The van der Waals surface area contributed by atoms with Crippen LogP contribution in [0.5, 0.6) is 0 Å². The quantitative estimate of drug-likeness (QED) is 0.151. The highest BCUT2D eigenvalue weighted by atomic mass is 16.5. The molecule has 0 amide bonds. The molecule has 0 saturated carbocycles. The monoisotopic (exact) mass is 364 g/mol. The van der Waals surface area contributed by atoms with Gasteiger partial charge in [0.25, 0.3) is 5.78 Å². The second kappa shape index (κ2) is 14.1. The SMILES string of the molecule is CCCCCCCCCCOC(=O)C(=O)[C@H](O)[C@@H](O)[C@H](O)[C@H](O)CO. The highest BCUT2D eigenvalue weighted by molar-refractivity contribution is 6.35. The van der Waals surface area contributed by atoms with Gasteiger partial charge in [0.15, 0.2) is 6.10 Å². The lowest BCUT2D eigenvalue weighted by molar-refractivity contribution is -0.165. The topological polar surface area (TPSA) is 145 Å². The van der Waals surface area contributed by atoms with E-state index in [-0.39, 0.29) is 6.61 Å². The maximum absolute atomic E-state index is 11.6. The Morgan fingerprint density at radius 2 is 1.36 bits per heavy atom. The third-order valence-electron chi connectivity index (χ3n) is 3.96. The fraction of sp³-hybridized carbons (Fsp3) is 0.882. The van der Waals surface area contributed by atoms with Gasteiger partial charge in [-0.05, 0) is 6.42 Å². The van der Waals surface area contributed by atoms with Gasteiger partial charge in [-0.25, -0.2) is 4.79 Å². The Balaban J connectivity index is 3.96. The number of esters is 1. The number of unbranched alkanes of at least 4 members (excludes halogenated alkanes) is 7. The molecule has 0 bridgehead atoms. The average Bonchev–Trinajstić information content (AvgIpc) is 2.63. The predicted molar refractivity (Wildman–Crippen MR) is 89.7 cm³/mol. The van der Waals surface area contributed by atoms with Crippen molar-refractivity contribution in [1.29, 1.82) is 0 Å². The lowest BCUT2D eigenvalue weighted by Crippen LogP contribution is -2.50. The Kier molecular flexibility index (Phi) is 13.5. The molecule has 0 aliphatic carbocycles. The number of ketones is 1. The Morgan fingerprint density at radius 1 is 0.840 bits per heavy atom. The molecule has 0 aromatic rings. The molecule has 8 heteroatoms. The smallest absolute Gasteiger partial charge is 0.377 e. The summed E-state index contributed by atoms with van der Waals surface area (Å²) < 4.78 is 4.73. The first-order valence-corrected chi connectivity index (χ1v) is 8.90. The maximum Gasteiger partial charge on any atom is 0.377 e. The van der Waals surface area contributed by atoms with Gasteiger partial charge in [0.2, 0.25) is 0 Å². The van der Waals surface area contributed by atoms with E-state index in [0.717, 1.165) is 19.3 Å². The van der Waals surface area contributed by atoms with Crippen LogP contribution in [0.4, 0.5) is 0 Å². The minimum atomic E-state index is -2.23. The van der Waals surface area contributed by atoms with E-state index in [4.69, 9.17) is 14.9 Å². The summed E-state index contributed by atoms with van der Waals surface area (Å²) in [6.07, 6.45) is 0.360. The van der Waals surface area contributed by atoms with Crippen molar-refractivity contribution in [3.05, 3.63) is 0 Å². The summed E-state index contributed by atoms with van der Waals surface area (Å²) in [6, 6.07) is 0. The van der Waals surface area contributed by atoms with Crippen molar-refractivity contribution in [2.45, 2.75) is 82.7 Å². The largest absolute Gasteiger partial charge is 0.460 e. The molecule has 4 atom stereocenters. The zero-order valence-corrected chi connectivity index (χ0v) is 14.8. The van der Waals surface area contributed by atoms with Crippen LogP contribution in [0.3, 0.4) is 0 Å². The highest BCUT2D eigenvalue weighted by Gasteiger charge is 2.37. The summed E-state index contributed by atoms with van der Waals surface area (Å²) in [5.41, 5.74) is 0. The molecule has 0 saturated heterocycles. The van der Waals surface area contributed by atoms with Gasteiger partial charge in [-0.1, -0.05) is 51.9 Å². The zero-order valence-electron chi connectivity index (χ0n) is 14.8. The first kappa shape index (κ1) is 23.9. The van der Waals surface area contributed by atoms with Crippen molar-refractivity contribution in [3.63, 3.8) is 0 Å². The molecule has 0 aliphatic rings. The summed E-state index contributed by atoms with van der Waals surface area (Å²) in [7, 11) is 0. The van der Waals surface area contributed by atoms with Gasteiger partial charge in [-0.3, -0.25) is 4.79 Å². The molecule has 5 N–H and O–H groups in total. The van der Waals surface area contributed by atoms with Crippen LogP contribution >= 0.6 is 0 Å². The van der Waals surface area contributed by atoms with Crippen molar-refractivity contribution < 1.29 is 39.9 Å². The van der Waals surface area contributed by atoms with Crippen molar-refractivity contribution in [2.24, 2.45) is 0 Å². The summed E-state index contributed by atoms with van der Waals surface area (Å²) >= 11 is 0. The number of aliphatic hydroxyl groups excluding tert-OH is 5. The number of aliphatic hydroxyl groups is 5. The van der Waals surface area contributed by atoms with Crippen LogP contribution in [0.15, 0.2) is 0 Å². The van der Waals surface area contributed by atoms with Crippen molar-refractivity contribution in [1.82, 2.24) is 0 Å². The Labute approximate surface area is 148 Å². The number of carbonyl (C=O) groups excluding carboxylic acids is 2. The number of hydrogen-bond acceptors (Lipinski definition) is 8. The molecule has 0 heterocycles. The molecular formula is C17H32O8. The van der Waals surface area contributed by atoms with Gasteiger partial charge in [0.05, 0.1) is 13.2 Å². The summed E-state index contributed by atoms with van der Waals surface area (Å²) in [5, 5.41) is 46.3. The third-order valence-corrected chi connectivity index (χ3v) is 3.96. The lowest BCUT2D eigenvalue weighted by Gasteiger charge is -2.24. The third kappa shape index (κ3) is 9.86. The normalized spacial score (nSPS) is 16.1. The molecule has 148 valence electrons. The molecule has 8 nitrogen and oxygen atoms in total. The minimum Gasteiger partial charge on any atom is -0.460 e. The van der Waals surface area contributed by atoms with E-state index in [1.165, 1.54) is 25.7 Å². The van der Waals surface area contributed by atoms with Crippen molar-refractivity contribution in [2.75, 3.05) is 13.2 Å². The van der Waals surface area contributed by atoms with Crippen LogP contribution in [0.25, 0.3) is 0 Å². The molecule has 0 spiro atoms. The fourth-order valence-corrected chi connectivity index (χ4v) is 2.27. The van der Waals surface area contributed by atoms with Gasteiger partial charge < -0.3 is 30.3 Å². The first-order chi connectivity index (χ1) is 11.9. The molecule has 25 heavy (non-hydrogen) atoms. The minimum absolute atomic E-state index is 0.0319. The predicted octanol–water partition coefficient (Wildman–Crippen LogP) is -0.325. The van der Waals surface area contributed by atoms with Gasteiger partial charge >= 0.3 is 5.97 Å². The van der Waals surface area contributed by atoms with E-state index >= 15 is 0 Å². The summed E-state index contributed by atoms with van der Waals surface area (Å²) in [4.78, 5) is 23.1. The van der Waals surface area contributed by atoms with Gasteiger partial charge in [0.1, 0.15) is 18.3 Å². The molecule has 0 unspecified atom stereocenters. The summed E-state index contributed by atoms with van der Waals surface area (Å²) in [5.74, 6) is -2.71. The van der Waals surface area contributed by atoms with Gasteiger partial charge in [-0.2, -0.15) is 0 Å². The van der Waals surface area contributed by atoms with Gasteiger partial charge in [-0.15, -0.1) is 0 Å². The number of Topliss-reactive ketones (excluding diaryl/α,β-unsaturated/α-hetero) is 1. The van der Waals surface area contributed by atoms with Crippen LogP contribution in [-0.4, -0.2) is 74.9 Å². The number of carbonyl (C=O) groups is 2. The van der Waals surface area contributed by atoms with Crippen LogP contribution in [-0.2, 0) is 14.3 Å². The molecule has 0 rings (SSSR count). The van der Waals surface area contributed by atoms with Crippen molar-refractivity contribution in [3.8, 4) is 0 Å². The lowest BCUT2D eigenvalue weighted by atomic mass is 10.0. The molecule has 0 aromatic carbocycles. The molecule has 0 radical (unpaired) electrons. The number of rotatable bonds is 15. The highest BCUT2D eigenvalue weighted by Crippen LogP contribution is 2.09. The van der Waals surface area contributed by atoms with E-state index in [0.29, 0.717) is 6.42 Å². The maximum atomic E-state index is 11.6. The van der Waals surface area contributed by atoms with E-state index in [2.05, 4.69) is 6.92 Å². The molecule has 0 aliphatic heterocycles. The van der Waals surface area contributed by atoms with Gasteiger partial charge in [0, 0.05) is 0 Å². The molecular weight excluding hydrogens is 332 g/mol. The fourth-order valence-electron chi connectivity index (χ4n) is 2.27. The van der Waals surface area contributed by atoms with E-state index in [9.17, 15) is 24.9 Å². The Bertz CT molecular complexity index is 374. The standard InChI is InChI=1S/C17H32O8/c1-2-3-4-5-6-7-8-9-10-25-17(24)16(23)15(22)14(21)13(20)12(19)11-18/h12-15,18-22H,2-11H2,1H3/t12-,13-,14+,15-/m1/s1. The first-order valence-electron chi connectivity index (χ1n) is 8.90. The second-order valence-corrected chi connectivity index (χ2v) is 6.15. The van der Waals surface area contributed by atoms with E-state index < -0.39 is 42.8 Å². The Morgan fingerprint density at radius 3 is 1.88 bits per heavy atom. The second-order valence-electron chi connectivity index (χ2n) is 6.15. The molecule has 0 aromatic heterocycles. The van der Waals surface area contributed by atoms with E-state index in [1.54, 1.807) is 0 Å².